The molecule has 2 aromatic rings. The highest BCUT2D eigenvalue weighted by molar-refractivity contribution is 5.27. The van der Waals surface area contributed by atoms with Crippen LogP contribution in [0, 0.1) is 0 Å². The Hall–Kier alpha value is -2.12. The van der Waals surface area contributed by atoms with E-state index >= 15 is 0 Å². The van der Waals surface area contributed by atoms with Crippen LogP contribution in [-0.2, 0) is 17.6 Å². The second-order valence-electron chi connectivity index (χ2n) is 18.4. The van der Waals surface area contributed by atoms with Gasteiger partial charge in [-0.05, 0) is 49.0 Å². The molecule has 1 nitrogen and oxygen atoms in total. The molecule has 0 radical (unpaired) electrons. The van der Waals surface area contributed by atoms with Crippen molar-refractivity contribution in [2.75, 3.05) is 0 Å². The molecule has 0 saturated heterocycles. The summed E-state index contributed by atoms with van der Waals surface area (Å²) in [6.45, 7) is 18.4. The molecule has 2 atom stereocenters. The molecule has 0 aromatic heterocycles. The first-order chi connectivity index (χ1) is 27.9. The molecule has 0 aliphatic carbocycles. The van der Waals surface area contributed by atoms with Crippen LogP contribution in [0.1, 0.15) is 244 Å². The second-order valence-corrected chi connectivity index (χ2v) is 18.4. The number of unbranched alkanes of at least 4 members (excludes halogenated alkanes) is 28. The average molecular weight is 783 g/mol. The molecule has 0 fully saturated rings. The number of ether oxygens (including phenoxy) is 1. The minimum Gasteiger partial charge on any atom is -0.359 e. The zero-order valence-corrected chi connectivity index (χ0v) is 38.6. The van der Waals surface area contributed by atoms with Crippen LogP contribution < -0.4 is 0 Å². The van der Waals surface area contributed by atoms with E-state index in [4.69, 9.17) is 4.74 Å². The van der Waals surface area contributed by atoms with Crippen LogP contribution in [0.25, 0.3) is 0 Å². The van der Waals surface area contributed by atoms with E-state index in [9.17, 15) is 0 Å². The third-order valence-corrected chi connectivity index (χ3v) is 13.0. The van der Waals surface area contributed by atoms with Crippen molar-refractivity contribution in [2.24, 2.45) is 0 Å². The molecular weight excluding hydrogens is 689 g/mol. The summed E-state index contributed by atoms with van der Waals surface area (Å²) in [5.74, 6) is 0. The zero-order valence-electron chi connectivity index (χ0n) is 38.6. The third kappa shape index (κ3) is 23.9. The summed E-state index contributed by atoms with van der Waals surface area (Å²) in [6, 6.07) is 22.1. The van der Waals surface area contributed by atoms with Gasteiger partial charge in [0.05, 0.1) is 11.2 Å². The van der Waals surface area contributed by atoms with Gasteiger partial charge in [-0.2, -0.15) is 0 Å². The zero-order chi connectivity index (χ0) is 41.1. The molecule has 0 saturated carbocycles. The van der Waals surface area contributed by atoms with Crippen LogP contribution in [0.5, 0.6) is 0 Å². The summed E-state index contributed by atoms with van der Waals surface area (Å²) in [7, 11) is 0. The normalized spacial score (nSPS) is 13.7. The van der Waals surface area contributed by atoms with E-state index in [0.29, 0.717) is 0 Å². The minimum atomic E-state index is -0.429. The molecule has 0 bridgehead atoms. The lowest BCUT2D eigenvalue weighted by atomic mass is 9.78. The number of hydrogen-bond acceptors (Lipinski definition) is 1. The van der Waals surface area contributed by atoms with E-state index in [1.165, 1.54) is 204 Å². The van der Waals surface area contributed by atoms with Gasteiger partial charge in [-0.3, -0.25) is 0 Å². The van der Waals surface area contributed by atoms with Crippen molar-refractivity contribution in [3.05, 3.63) is 96.1 Å². The summed E-state index contributed by atoms with van der Waals surface area (Å²) >= 11 is 0. The highest BCUT2D eigenvalue weighted by Gasteiger charge is 2.43. The third-order valence-electron chi connectivity index (χ3n) is 13.0. The first-order valence-corrected chi connectivity index (χ1v) is 25.0. The van der Waals surface area contributed by atoms with Crippen molar-refractivity contribution < 1.29 is 4.74 Å². The van der Waals surface area contributed by atoms with Crippen LogP contribution >= 0.6 is 0 Å². The monoisotopic (exact) mass is 783 g/mol. The van der Waals surface area contributed by atoms with E-state index in [1.807, 2.05) is 0 Å². The maximum Gasteiger partial charge on any atom is 0.0938 e. The Bertz CT molecular complexity index is 1120. The summed E-state index contributed by atoms with van der Waals surface area (Å²) < 4.78 is 7.80. The predicted octanol–water partition coefficient (Wildman–Crippen LogP) is 18.6. The van der Waals surface area contributed by atoms with Crippen molar-refractivity contribution in [1.29, 1.82) is 0 Å². The lowest BCUT2D eigenvalue weighted by Gasteiger charge is -2.46. The Kier molecular flexibility index (Phi) is 30.2. The maximum atomic E-state index is 7.80. The smallest absolute Gasteiger partial charge is 0.0938 e. The first-order valence-electron chi connectivity index (χ1n) is 25.0. The highest BCUT2D eigenvalue weighted by Crippen LogP contribution is 2.42. The van der Waals surface area contributed by atoms with Crippen molar-refractivity contribution in [1.82, 2.24) is 0 Å². The second kappa shape index (κ2) is 33.7. The van der Waals surface area contributed by atoms with E-state index in [1.54, 1.807) is 0 Å². The molecule has 2 aromatic carbocycles. The van der Waals surface area contributed by atoms with Gasteiger partial charge in [-0.15, -0.1) is 0 Å². The molecule has 2 rings (SSSR count). The molecule has 1 heteroatoms. The van der Waals surface area contributed by atoms with Crippen molar-refractivity contribution in [3.63, 3.8) is 0 Å². The number of hydrogen-bond donors (Lipinski definition) is 0. The van der Waals surface area contributed by atoms with Gasteiger partial charge in [-0.25, -0.2) is 0 Å². The lowest BCUT2D eigenvalue weighted by Crippen LogP contribution is -2.49. The SMILES string of the molecule is C=C(C)C(CCCCCCCCCCCCCCCCC)(Cc1ccccc1)OC(CCCCCCCCCCCCCCCCC)(Cc1ccccc1)C(=C)C. The van der Waals surface area contributed by atoms with Crippen molar-refractivity contribution in [2.45, 2.75) is 257 Å². The number of rotatable bonds is 40. The van der Waals surface area contributed by atoms with Crippen LogP contribution in [-0.4, -0.2) is 11.2 Å². The van der Waals surface area contributed by atoms with Crippen molar-refractivity contribution in [3.8, 4) is 0 Å². The van der Waals surface area contributed by atoms with E-state index < -0.39 is 11.2 Å². The van der Waals surface area contributed by atoms with Crippen molar-refractivity contribution >= 4 is 0 Å². The molecule has 324 valence electrons. The topological polar surface area (TPSA) is 9.23 Å². The Balaban J connectivity index is 1.96. The molecular formula is C56H94O. The molecule has 0 aliphatic rings. The Morgan fingerprint density at radius 2 is 0.596 bits per heavy atom. The minimum absolute atomic E-state index is 0.429. The fourth-order valence-electron chi connectivity index (χ4n) is 9.04. The largest absolute Gasteiger partial charge is 0.359 e. The first kappa shape index (κ1) is 51.0. The fraction of sp³-hybridized carbons (Fsp3) is 0.714. The van der Waals surface area contributed by atoms with Crippen LogP contribution in [0.4, 0.5) is 0 Å². The molecule has 0 heterocycles. The van der Waals surface area contributed by atoms with Gasteiger partial charge < -0.3 is 4.74 Å². The van der Waals surface area contributed by atoms with Gasteiger partial charge in [0.2, 0.25) is 0 Å². The molecule has 0 amide bonds. The molecule has 0 spiro atoms. The Labute approximate surface area is 356 Å². The van der Waals surface area contributed by atoms with Crippen LogP contribution in [0.2, 0.25) is 0 Å². The van der Waals surface area contributed by atoms with Gasteiger partial charge in [0.1, 0.15) is 0 Å². The maximum absolute atomic E-state index is 7.80. The van der Waals surface area contributed by atoms with Gasteiger partial charge in [0, 0.05) is 12.8 Å². The van der Waals surface area contributed by atoms with E-state index in [-0.39, 0.29) is 0 Å². The number of benzene rings is 2. The summed E-state index contributed by atoms with van der Waals surface area (Å²) in [6.07, 6.45) is 45.2. The van der Waals surface area contributed by atoms with Gasteiger partial charge in [0.15, 0.2) is 0 Å². The van der Waals surface area contributed by atoms with E-state index in [2.05, 4.69) is 102 Å². The molecule has 2 unspecified atom stereocenters. The van der Waals surface area contributed by atoms with Crippen LogP contribution in [0.15, 0.2) is 85.0 Å². The Morgan fingerprint density at radius 3 is 0.825 bits per heavy atom. The molecule has 0 aliphatic heterocycles. The summed E-state index contributed by atoms with van der Waals surface area (Å²) in [4.78, 5) is 0. The van der Waals surface area contributed by atoms with E-state index in [0.717, 1.165) is 36.8 Å². The summed E-state index contributed by atoms with van der Waals surface area (Å²) in [5, 5.41) is 0. The summed E-state index contributed by atoms with van der Waals surface area (Å²) in [5.41, 5.74) is 4.13. The van der Waals surface area contributed by atoms with Gasteiger partial charge in [0.25, 0.3) is 0 Å². The predicted molar refractivity (Wildman–Crippen MR) is 256 cm³/mol. The fourth-order valence-corrected chi connectivity index (χ4v) is 9.04. The van der Waals surface area contributed by atoms with Gasteiger partial charge in [-0.1, -0.05) is 280 Å². The molecule has 57 heavy (non-hydrogen) atoms. The Morgan fingerprint density at radius 1 is 0.368 bits per heavy atom. The highest BCUT2D eigenvalue weighted by atomic mass is 16.5. The van der Waals surface area contributed by atoms with Gasteiger partial charge >= 0.3 is 0 Å². The standard InChI is InChI=1S/C56H94O/c1-7-9-11-13-15-17-19-21-23-25-27-29-31-33-41-47-55(51(3)4,49-53-43-37-35-38-44-53)57-56(52(5)6,50-54-45-39-36-40-46-54)48-42-34-32-30-28-26-24-22-20-18-16-14-12-10-8-2/h35-40,43-46H,3,5,7-34,41-42,47-50H2,1-2,4,6H3. The average Bonchev–Trinajstić information content (AvgIpc) is 3.21. The molecule has 0 N–H and O–H groups in total. The quantitative estimate of drug-likeness (QED) is 0.0483. The van der Waals surface area contributed by atoms with Crippen LogP contribution in [0.3, 0.4) is 0 Å². The lowest BCUT2D eigenvalue weighted by molar-refractivity contribution is -0.128.